The van der Waals surface area contributed by atoms with Gasteiger partial charge in [-0.15, -0.1) is 13.2 Å². The van der Waals surface area contributed by atoms with Gasteiger partial charge in [-0.2, -0.15) is 0 Å². The van der Waals surface area contributed by atoms with Crippen molar-refractivity contribution < 1.29 is 33.8 Å². The Bertz CT molecular complexity index is 1570. The zero-order valence-electron chi connectivity index (χ0n) is 27.7. The van der Waals surface area contributed by atoms with Crippen LogP contribution in [0.1, 0.15) is 44.7 Å². The number of likely N-dealkylation sites (tertiary alicyclic amines) is 1. The zero-order chi connectivity index (χ0) is 35.5. The van der Waals surface area contributed by atoms with Gasteiger partial charge in [0.1, 0.15) is 18.2 Å². The Balaban J connectivity index is 1.53. The maximum Gasteiger partial charge on any atom is 0.306 e. The molecule has 2 N–H and O–H groups in total. The fourth-order valence-electron chi connectivity index (χ4n) is 7.52. The number of nitrogens with one attached hydrogen (secondary N) is 1. The second-order valence-corrected chi connectivity index (χ2v) is 14.7. The third kappa shape index (κ3) is 6.95. The molecule has 12 heteroatoms. The summed E-state index contributed by atoms with van der Waals surface area (Å²) in [5.74, 6) is -3.99. The van der Waals surface area contributed by atoms with Gasteiger partial charge >= 0.3 is 5.97 Å². The Morgan fingerprint density at radius 1 is 1.16 bits per heavy atom. The van der Waals surface area contributed by atoms with Gasteiger partial charge in [0.25, 0.3) is 5.91 Å². The van der Waals surface area contributed by atoms with Gasteiger partial charge in [-0.25, -0.2) is 0 Å². The summed E-state index contributed by atoms with van der Waals surface area (Å²) in [5, 5.41) is 14.0. The molecule has 2 aromatic rings. The molecule has 2 bridgehead atoms. The molecular formula is C37H43BrClN3O7. The molecule has 3 aliphatic heterocycles. The number of nitrogens with zero attached hydrogens (tertiary/aromatic N) is 2. The van der Waals surface area contributed by atoms with E-state index in [1.807, 2.05) is 44.2 Å². The highest BCUT2D eigenvalue weighted by Gasteiger charge is 2.77. The van der Waals surface area contributed by atoms with Crippen LogP contribution in [0.2, 0.25) is 5.02 Å². The lowest BCUT2D eigenvalue weighted by molar-refractivity contribution is -0.147. The first kappa shape index (κ1) is 36.8. The van der Waals surface area contributed by atoms with Crippen LogP contribution in [0.4, 0.5) is 5.69 Å². The predicted octanol–water partition coefficient (Wildman–Crippen LogP) is 4.99. The lowest BCUT2D eigenvalue weighted by Crippen LogP contribution is -2.60. The average Bonchev–Trinajstić information content (AvgIpc) is 3.68. The molecule has 8 atom stereocenters. The standard InChI is InChI=1S/C37H43BrClN3O7/c1-5-7-17-29(44)48-21-26(23-13-9-8-10-14-23)40-34(45)30-31-35(46)42(28(20-43)22(3)4)33(37(31)19-24(38)32(30)49-37)36(47)41(18-6-2)27-16-12-11-15-25(27)39/h5-6,8-16,22,24,26,28,30-33,43H,1-2,7,17-21H2,3-4H3,(H,40,45)/t24?,26-,28-,30-,31+,32-,33-,37+/m0/s1. The Morgan fingerprint density at radius 3 is 2.49 bits per heavy atom. The van der Waals surface area contributed by atoms with Gasteiger partial charge in [0, 0.05) is 17.8 Å². The second-order valence-electron chi connectivity index (χ2n) is 13.1. The van der Waals surface area contributed by atoms with Crippen LogP contribution >= 0.6 is 27.5 Å². The lowest BCUT2D eigenvalue weighted by atomic mass is 9.70. The van der Waals surface area contributed by atoms with E-state index in [-0.39, 0.29) is 36.7 Å². The van der Waals surface area contributed by atoms with Crippen LogP contribution in [-0.4, -0.2) is 82.1 Å². The van der Waals surface area contributed by atoms with Crippen LogP contribution in [0, 0.1) is 17.8 Å². The van der Waals surface area contributed by atoms with Crippen molar-refractivity contribution in [3.63, 3.8) is 0 Å². The Kier molecular flexibility index (Phi) is 11.7. The summed E-state index contributed by atoms with van der Waals surface area (Å²) in [5.41, 5.74) is -0.219. The van der Waals surface area contributed by atoms with E-state index < -0.39 is 72.0 Å². The number of carbonyl (C=O) groups excluding carboxylic acids is 4. The number of alkyl halides is 1. The molecule has 1 unspecified atom stereocenters. The van der Waals surface area contributed by atoms with Gasteiger partial charge < -0.3 is 29.7 Å². The summed E-state index contributed by atoms with van der Waals surface area (Å²) in [7, 11) is 0. The molecule has 1 spiro atoms. The van der Waals surface area contributed by atoms with Crippen LogP contribution < -0.4 is 10.2 Å². The van der Waals surface area contributed by atoms with E-state index in [0.717, 1.165) is 0 Å². The normalized spacial score (nSPS) is 26.6. The molecule has 3 amide bonds. The molecule has 3 fully saturated rings. The minimum absolute atomic E-state index is 0.0999. The van der Waals surface area contributed by atoms with Crippen molar-refractivity contribution in [2.75, 3.05) is 24.7 Å². The largest absolute Gasteiger partial charge is 0.463 e. The van der Waals surface area contributed by atoms with Gasteiger partial charge in [0.05, 0.1) is 47.3 Å². The van der Waals surface area contributed by atoms with Crippen LogP contribution in [0.15, 0.2) is 79.9 Å². The number of aliphatic hydroxyl groups excluding tert-OH is 1. The molecule has 0 aromatic heterocycles. The maximum atomic E-state index is 14.9. The number of esters is 1. The summed E-state index contributed by atoms with van der Waals surface area (Å²) in [6.45, 7) is 10.8. The van der Waals surface area contributed by atoms with Gasteiger partial charge in [0.15, 0.2) is 0 Å². The smallest absolute Gasteiger partial charge is 0.306 e. The summed E-state index contributed by atoms with van der Waals surface area (Å²) >= 11 is 10.3. The minimum atomic E-state index is -1.38. The van der Waals surface area contributed by atoms with Crippen molar-refractivity contribution >= 4 is 56.9 Å². The molecule has 262 valence electrons. The zero-order valence-corrected chi connectivity index (χ0v) is 30.0. The number of para-hydroxylation sites is 1. The molecule has 3 saturated heterocycles. The van der Waals surface area contributed by atoms with Crippen molar-refractivity contribution in [1.29, 1.82) is 0 Å². The first-order valence-corrected chi connectivity index (χ1v) is 17.8. The second kappa shape index (κ2) is 15.6. The van der Waals surface area contributed by atoms with Crippen molar-refractivity contribution in [2.45, 2.75) is 67.8 Å². The molecule has 2 aromatic carbocycles. The average molecular weight is 757 g/mol. The maximum absolute atomic E-state index is 14.9. The third-order valence-electron chi connectivity index (χ3n) is 9.78. The number of hydrogen-bond donors (Lipinski definition) is 2. The summed E-state index contributed by atoms with van der Waals surface area (Å²) < 4.78 is 12.2. The Hall–Kier alpha value is -3.51. The van der Waals surface area contributed by atoms with Gasteiger partial charge in [-0.05, 0) is 36.5 Å². The Morgan fingerprint density at radius 2 is 1.86 bits per heavy atom. The number of amides is 3. The third-order valence-corrected chi connectivity index (χ3v) is 10.9. The number of allylic oxidation sites excluding steroid dienone is 1. The number of carbonyl (C=O) groups is 4. The van der Waals surface area contributed by atoms with Crippen LogP contribution in [-0.2, 0) is 28.7 Å². The number of rotatable bonds is 15. The first-order chi connectivity index (χ1) is 23.5. The molecule has 10 nitrogen and oxygen atoms in total. The number of aliphatic hydroxyl groups is 1. The highest BCUT2D eigenvalue weighted by molar-refractivity contribution is 9.09. The fraction of sp³-hybridized carbons (Fsp3) is 0.459. The lowest BCUT2D eigenvalue weighted by Gasteiger charge is -2.40. The molecular weight excluding hydrogens is 714 g/mol. The fourth-order valence-corrected chi connectivity index (χ4v) is 8.70. The van der Waals surface area contributed by atoms with Crippen LogP contribution in [0.5, 0.6) is 0 Å². The van der Waals surface area contributed by atoms with Crippen molar-refractivity contribution in [3.05, 3.63) is 90.5 Å². The monoisotopic (exact) mass is 755 g/mol. The first-order valence-electron chi connectivity index (χ1n) is 16.5. The van der Waals surface area contributed by atoms with E-state index >= 15 is 0 Å². The number of hydrogen-bond acceptors (Lipinski definition) is 7. The highest BCUT2D eigenvalue weighted by atomic mass is 79.9. The summed E-state index contributed by atoms with van der Waals surface area (Å²) in [6.07, 6.45) is 3.39. The van der Waals surface area contributed by atoms with E-state index in [0.29, 0.717) is 22.7 Å². The molecule has 3 heterocycles. The van der Waals surface area contributed by atoms with Gasteiger partial charge in [-0.3, -0.25) is 19.2 Å². The number of anilines is 1. The highest BCUT2D eigenvalue weighted by Crippen LogP contribution is 2.61. The van der Waals surface area contributed by atoms with Crippen LogP contribution in [0.25, 0.3) is 0 Å². The number of halogens is 2. The van der Waals surface area contributed by atoms with Crippen molar-refractivity contribution in [2.24, 2.45) is 17.8 Å². The van der Waals surface area contributed by atoms with E-state index in [1.165, 1.54) is 9.80 Å². The molecule has 49 heavy (non-hydrogen) atoms. The molecule has 0 radical (unpaired) electrons. The van der Waals surface area contributed by atoms with Gasteiger partial charge in [0.2, 0.25) is 11.8 Å². The number of fused-ring (bicyclic) bond motifs is 1. The summed E-state index contributed by atoms with van der Waals surface area (Å²) in [6, 6.07) is 13.4. The quantitative estimate of drug-likeness (QED) is 0.149. The van der Waals surface area contributed by atoms with Crippen molar-refractivity contribution in [1.82, 2.24) is 10.2 Å². The van der Waals surface area contributed by atoms with Crippen molar-refractivity contribution in [3.8, 4) is 0 Å². The van der Waals surface area contributed by atoms with Gasteiger partial charge in [-0.1, -0.05) is 96.0 Å². The van der Waals surface area contributed by atoms with E-state index in [1.54, 1.807) is 36.4 Å². The summed E-state index contributed by atoms with van der Waals surface area (Å²) in [4.78, 5) is 59.0. The molecule has 5 rings (SSSR count). The molecule has 0 saturated carbocycles. The van der Waals surface area contributed by atoms with E-state index in [9.17, 15) is 24.3 Å². The van der Waals surface area contributed by atoms with Crippen LogP contribution in [0.3, 0.4) is 0 Å². The Labute approximate surface area is 300 Å². The number of ether oxygens (including phenoxy) is 2. The SMILES string of the molecule is C=CCCC(=O)OC[C@H](NC(=O)[C@@H]1[C@H]2O[C@@]3(CC2Br)[C@H](C(=O)N(CC=C)c2ccccc2Cl)N([C@@H](CO)C(C)C)C(=O)[C@@H]13)c1ccccc1. The van der Waals surface area contributed by atoms with E-state index in [4.69, 9.17) is 21.1 Å². The predicted molar refractivity (Wildman–Crippen MR) is 190 cm³/mol. The molecule has 3 aliphatic rings. The number of benzene rings is 2. The van der Waals surface area contributed by atoms with E-state index in [2.05, 4.69) is 34.4 Å². The molecule has 0 aliphatic carbocycles. The minimum Gasteiger partial charge on any atom is -0.463 e. The topological polar surface area (TPSA) is 125 Å².